The summed E-state index contributed by atoms with van der Waals surface area (Å²) >= 11 is 0. The summed E-state index contributed by atoms with van der Waals surface area (Å²) in [6.45, 7) is 8.52. The maximum absolute atomic E-state index is 13.2. The number of nitrogens with one attached hydrogen (secondary N) is 1. The molecule has 1 atom stereocenters. The highest BCUT2D eigenvalue weighted by Gasteiger charge is 2.31. The number of H-pyrrole nitrogens is 1. The molecule has 0 bridgehead atoms. The third kappa shape index (κ3) is 3.05. The number of nitrogens with zero attached hydrogens (tertiary/aromatic N) is 4. The van der Waals surface area contributed by atoms with Crippen LogP contribution in [-0.2, 0) is 0 Å². The van der Waals surface area contributed by atoms with Crippen LogP contribution in [0.4, 0.5) is 0 Å². The van der Waals surface area contributed by atoms with Gasteiger partial charge in [0.15, 0.2) is 0 Å². The number of amides is 1. The SMILES string of the molecule is Cc1ncc(C(=O)N2CCCCCC2c2c(C)n[nH]c2C)c(C)n1. The van der Waals surface area contributed by atoms with E-state index in [0.29, 0.717) is 11.4 Å². The van der Waals surface area contributed by atoms with Crippen LogP contribution in [-0.4, -0.2) is 37.5 Å². The minimum atomic E-state index is 0.0272. The summed E-state index contributed by atoms with van der Waals surface area (Å²) < 4.78 is 0. The van der Waals surface area contributed by atoms with Crippen molar-refractivity contribution >= 4 is 5.91 Å². The van der Waals surface area contributed by atoms with Crippen LogP contribution in [0.15, 0.2) is 6.20 Å². The molecule has 1 unspecified atom stereocenters. The average Bonchev–Trinajstić information content (AvgIpc) is 2.75. The van der Waals surface area contributed by atoms with Gasteiger partial charge in [-0.15, -0.1) is 0 Å². The van der Waals surface area contributed by atoms with Gasteiger partial charge in [0.25, 0.3) is 5.91 Å². The number of aromatic amines is 1. The van der Waals surface area contributed by atoms with Gasteiger partial charge in [0.05, 0.1) is 23.0 Å². The highest BCUT2D eigenvalue weighted by atomic mass is 16.2. The van der Waals surface area contributed by atoms with E-state index in [2.05, 4.69) is 20.2 Å². The van der Waals surface area contributed by atoms with Crippen LogP contribution in [0.5, 0.6) is 0 Å². The highest BCUT2D eigenvalue weighted by molar-refractivity contribution is 5.95. The first-order valence-corrected chi connectivity index (χ1v) is 8.61. The molecule has 2 aromatic rings. The molecule has 24 heavy (non-hydrogen) atoms. The maximum atomic E-state index is 13.2. The van der Waals surface area contributed by atoms with Crippen molar-refractivity contribution in [2.75, 3.05) is 6.54 Å². The lowest BCUT2D eigenvalue weighted by Crippen LogP contribution is -2.36. The highest BCUT2D eigenvalue weighted by Crippen LogP contribution is 2.34. The van der Waals surface area contributed by atoms with Crippen LogP contribution in [0.25, 0.3) is 0 Å². The zero-order chi connectivity index (χ0) is 17.3. The zero-order valence-electron chi connectivity index (χ0n) is 14.9. The predicted molar refractivity (Wildman–Crippen MR) is 91.8 cm³/mol. The van der Waals surface area contributed by atoms with E-state index in [1.54, 1.807) is 6.20 Å². The molecule has 128 valence electrons. The fourth-order valence-corrected chi connectivity index (χ4v) is 3.65. The van der Waals surface area contributed by atoms with Crippen molar-refractivity contribution in [2.24, 2.45) is 0 Å². The van der Waals surface area contributed by atoms with E-state index >= 15 is 0 Å². The molecule has 2 aromatic heterocycles. The number of hydrogen-bond acceptors (Lipinski definition) is 4. The molecule has 0 aromatic carbocycles. The summed E-state index contributed by atoms with van der Waals surface area (Å²) in [5, 5.41) is 7.39. The van der Waals surface area contributed by atoms with Crippen molar-refractivity contribution in [3.8, 4) is 0 Å². The third-order valence-corrected chi connectivity index (χ3v) is 4.86. The van der Waals surface area contributed by atoms with Gasteiger partial charge in [0.1, 0.15) is 5.82 Å². The van der Waals surface area contributed by atoms with Gasteiger partial charge < -0.3 is 4.90 Å². The molecule has 0 radical (unpaired) electrons. The zero-order valence-corrected chi connectivity index (χ0v) is 14.9. The summed E-state index contributed by atoms with van der Waals surface area (Å²) in [6.07, 6.45) is 5.95. The Bertz CT molecular complexity index is 732. The summed E-state index contributed by atoms with van der Waals surface area (Å²) in [5.41, 5.74) is 4.54. The van der Waals surface area contributed by atoms with E-state index in [1.165, 1.54) is 0 Å². The predicted octanol–water partition coefficient (Wildman–Crippen LogP) is 3.19. The molecule has 6 nitrogen and oxygen atoms in total. The fraction of sp³-hybridized carbons (Fsp3) is 0.556. The molecule has 1 saturated heterocycles. The summed E-state index contributed by atoms with van der Waals surface area (Å²) in [6, 6.07) is 0.0689. The molecule has 0 aliphatic carbocycles. The number of aryl methyl sites for hydroxylation is 4. The van der Waals surface area contributed by atoms with Crippen LogP contribution in [0.1, 0.15) is 70.6 Å². The molecule has 1 N–H and O–H groups in total. The molecular formula is C18H25N5O. The van der Waals surface area contributed by atoms with Crippen LogP contribution < -0.4 is 0 Å². The van der Waals surface area contributed by atoms with E-state index < -0.39 is 0 Å². The quantitative estimate of drug-likeness (QED) is 0.919. The number of aromatic nitrogens is 4. The Kier molecular flexibility index (Phi) is 4.64. The van der Waals surface area contributed by atoms with E-state index in [1.807, 2.05) is 32.6 Å². The molecule has 3 heterocycles. The summed E-state index contributed by atoms with van der Waals surface area (Å²) in [4.78, 5) is 23.8. The fourth-order valence-electron chi connectivity index (χ4n) is 3.65. The second-order valence-electron chi connectivity index (χ2n) is 6.63. The van der Waals surface area contributed by atoms with E-state index in [9.17, 15) is 4.79 Å². The van der Waals surface area contributed by atoms with Gasteiger partial charge in [-0.2, -0.15) is 5.10 Å². The average molecular weight is 327 g/mol. The first-order chi connectivity index (χ1) is 11.5. The Hall–Kier alpha value is -2.24. The lowest BCUT2D eigenvalue weighted by molar-refractivity contribution is 0.0678. The second kappa shape index (κ2) is 6.71. The van der Waals surface area contributed by atoms with Crippen LogP contribution in [0, 0.1) is 27.7 Å². The lowest BCUT2D eigenvalue weighted by atomic mass is 9.98. The van der Waals surface area contributed by atoms with E-state index in [4.69, 9.17) is 0 Å². The van der Waals surface area contributed by atoms with Gasteiger partial charge >= 0.3 is 0 Å². The van der Waals surface area contributed by atoms with Crippen molar-refractivity contribution in [1.82, 2.24) is 25.1 Å². The van der Waals surface area contributed by atoms with Crippen molar-refractivity contribution in [1.29, 1.82) is 0 Å². The number of rotatable bonds is 2. The van der Waals surface area contributed by atoms with Gasteiger partial charge in [-0.1, -0.05) is 12.8 Å². The Labute approximate surface area is 142 Å². The van der Waals surface area contributed by atoms with Crippen LogP contribution >= 0.6 is 0 Å². The smallest absolute Gasteiger partial charge is 0.257 e. The minimum absolute atomic E-state index is 0.0272. The largest absolute Gasteiger partial charge is 0.331 e. The van der Waals surface area contributed by atoms with E-state index in [0.717, 1.165) is 54.9 Å². The molecule has 3 rings (SSSR count). The van der Waals surface area contributed by atoms with Gasteiger partial charge in [0.2, 0.25) is 0 Å². The van der Waals surface area contributed by atoms with Crippen molar-refractivity contribution in [3.05, 3.63) is 40.2 Å². The molecule has 6 heteroatoms. The molecule has 1 fully saturated rings. The summed E-state index contributed by atoms with van der Waals surface area (Å²) in [5.74, 6) is 0.720. The summed E-state index contributed by atoms with van der Waals surface area (Å²) in [7, 11) is 0. The number of carbonyl (C=O) groups is 1. The second-order valence-corrected chi connectivity index (χ2v) is 6.63. The molecule has 1 aliphatic rings. The minimum Gasteiger partial charge on any atom is -0.331 e. The molecule has 1 amide bonds. The standard InChI is InChI=1S/C18H25N5O/c1-11-15(10-19-14(4)20-11)18(24)23-9-7-5-6-8-16(23)17-12(2)21-22-13(17)3/h10,16H,5-9H2,1-4H3,(H,21,22). The lowest BCUT2D eigenvalue weighted by Gasteiger charge is -2.31. The first-order valence-electron chi connectivity index (χ1n) is 8.61. The topological polar surface area (TPSA) is 74.8 Å². The van der Waals surface area contributed by atoms with Gasteiger partial charge in [-0.05, 0) is 40.5 Å². The molecule has 1 aliphatic heterocycles. The molecule has 0 spiro atoms. The number of likely N-dealkylation sites (tertiary alicyclic amines) is 1. The van der Waals surface area contributed by atoms with Crippen molar-refractivity contribution in [3.63, 3.8) is 0 Å². The van der Waals surface area contributed by atoms with Gasteiger partial charge in [-0.25, -0.2) is 9.97 Å². The van der Waals surface area contributed by atoms with Gasteiger partial charge in [-0.3, -0.25) is 9.89 Å². The maximum Gasteiger partial charge on any atom is 0.257 e. The Morgan fingerprint density at radius 3 is 2.62 bits per heavy atom. The molecular weight excluding hydrogens is 302 g/mol. The number of hydrogen-bond donors (Lipinski definition) is 1. The first kappa shape index (κ1) is 16.6. The monoisotopic (exact) mass is 327 g/mol. The van der Waals surface area contributed by atoms with Crippen LogP contribution in [0.3, 0.4) is 0 Å². The molecule has 0 saturated carbocycles. The van der Waals surface area contributed by atoms with Crippen molar-refractivity contribution < 1.29 is 4.79 Å². The Morgan fingerprint density at radius 1 is 1.17 bits per heavy atom. The number of carbonyl (C=O) groups excluding carboxylic acids is 1. The Balaban J connectivity index is 2.00. The van der Waals surface area contributed by atoms with Crippen LogP contribution in [0.2, 0.25) is 0 Å². The Morgan fingerprint density at radius 2 is 1.96 bits per heavy atom. The van der Waals surface area contributed by atoms with Gasteiger partial charge in [0, 0.05) is 24.0 Å². The van der Waals surface area contributed by atoms with E-state index in [-0.39, 0.29) is 11.9 Å². The third-order valence-electron chi connectivity index (χ3n) is 4.86. The van der Waals surface area contributed by atoms with Crippen molar-refractivity contribution in [2.45, 2.75) is 59.4 Å². The normalized spacial score (nSPS) is 18.5.